The molecule has 0 radical (unpaired) electrons. The van der Waals surface area contributed by atoms with E-state index in [4.69, 9.17) is 23.2 Å². The van der Waals surface area contributed by atoms with Crippen LogP contribution in [0.2, 0.25) is 10.0 Å². The zero-order valence-corrected chi connectivity index (χ0v) is 27.5. The molecule has 3 aromatic carbocycles. The Morgan fingerprint density at radius 2 is 1.48 bits per heavy atom. The number of benzene rings is 3. The van der Waals surface area contributed by atoms with E-state index in [2.05, 4.69) is 5.32 Å². The van der Waals surface area contributed by atoms with Crippen molar-refractivity contribution >= 4 is 50.7 Å². The van der Waals surface area contributed by atoms with Crippen LogP contribution in [0.5, 0.6) is 0 Å². The lowest BCUT2D eigenvalue weighted by atomic mass is 10.1. The maximum atomic E-state index is 14.3. The van der Waals surface area contributed by atoms with E-state index >= 15 is 0 Å². The summed E-state index contributed by atoms with van der Waals surface area (Å²) in [6.45, 7) is 12.3. The molecule has 1 atom stereocenters. The van der Waals surface area contributed by atoms with Crippen molar-refractivity contribution in [3.05, 3.63) is 93.0 Å². The lowest BCUT2D eigenvalue weighted by Crippen LogP contribution is -2.55. The third kappa shape index (κ3) is 8.06. The second-order valence-electron chi connectivity index (χ2n) is 11.5. The topological polar surface area (TPSA) is 86.8 Å². The van der Waals surface area contributed by atoms with Crippen molar-refractivity contribution in [2.24, 2.45) is 0 Å². The third-order valence-corrected chi connectivity index (χ3v) is 9.28. The molecule has 0 aliphatic carbocycles. The standard InChI is InChI=1S/C32H39Cl2N3O4S/c1-8-28(31(39)35-32(5,6)7)36(19-25-26(33)10-9-11-27(25)34)30(38)20-37(29-18-22(3)12-15-23(29)4)42(40,41)24-16-13-21(2)14-17-24/h9-18,28H,8,19-20H2,1-7H3,(H,35,39). The van der Waals surface area contributed by atoms with Gasteiger partial charge >= 0.3 is 0 Å². The number of halogens is 2. The average Bonchev–Trinajstić information content (AvgIpc) is 2.89. The molecule has 0 saturated heterocycles. The molecule has 0 aliphatic rings. The van der Waals surface area contributed by atoms with Gasteiger partial charge in [-0.1, -0.05) is 66.0 Å². The van der Waals surface area contributed by atoms with Gasteiger partial charge in [0.05, 0.1) is 10.6 Å². The fourth-order valence-corrected chi connectivity index (χ4v) is 6.55. The maximum absolute atomic E-state index is 14.3. The molecular weight excluding hydrogens is 593 g/mol. The highest BCUT2D eigenvalue weighted by Crippen LogP contribution is 2.30. The number of amides is 2. The minimum atomic E-state index is -4.18. The fourth-order valence-electron chi connectivity index (χ4n) is 4.57. The number of anilines is 1. The lowest BCUT2D eigenvalue weighted by molar-refractivity contribution is -0.141. The first kappa shape index (κ1) is 33.4. The Hall–Kier alpha value is -3.07. The van der Waals surface area contributed by atoms with Gasteiger partial charge in [-0.25, -0.2) is 8.42 Å². The summed E-state index contributed by atoms with van der Waals surface area (Å²) < 4.78 is 29.4. The van der Waals surface area contributed by atoms with Crippen LogP contribution in [-0.2, 0) is 26.2 Å². The minimum absolute atomic E-state index is 0.0556. The Morgan fingerprint density at radius 3 is 2.02 bits per heavy atom. The Morgan fingerprint density at radius 1 is 0.905 bits per heavy atom. The van der Waals surface area contributed by atoms with E-state index in [9.17, 15) is 18.0 Å². The van der Waals surface area contributed by atoms with Crippen LogP contribution in [0.1, 0.15) is 56.4 Å². The summed E-state index contributed by atoms with van der Waals surface area (Å²) in [5.41, 5.74) is 2.72. The van der Waals surface area contributed by atoms with E-state index in [-0.39, 0.29) is 23.8 Å². The van der Waals surface area contributed by atoms with E-state index in [1.54, 1.807) is 50.2 Å². The molecule has 1 N–H and O–H groups in total. The molecule has 10 heteroatoms. The van der Waals surface area contributed by atoms with Crippen LogP contribution >= 0.6 is 23.2 Å². The SMILES string of the molecule is CCC(C(=O)NC(C)(C)C)N(Cc1c(Cl)cccc1Cl)C(=O)CN(c1cc(C)ccc1C)S(=O)(=O)c1ccc(C)cc1. The molecule has 3 aromatic rings. The number of rotatable bonds is 10. The van der Waals surface area contributed by atoms with Gasteiger partial charge in [-0.15, -0.1) is 0 Å². The largest absolute Gasteiger partial charge is 0.350 e. The van der Waals surface area contributed by atoms with E-state index in [1.165, 1.54) is 17.0 Å². The normalized spacial score (nSPS) is 12.5. The molecule has 2 amide bonds. The number of carbonyl (C=O) groups excluding carboxylic acids is 2. The molecule has 3 rings (SSSR count). The van der Waals surface area contributed by atoms with Crippen molar-refractivity contribution in [1.29, 1.82) is 0 Å². The maximum Gasteiger partial charge on any atom is 0.264 e. The van der Waals surface area contributed by atoms with E-state index in [0.717, 1.165) is 15.4 Å². The average molecular weight is 633 g/mol. The fraction of sp³-hybridized carbons (Fsp3) is 0.375. The van der Waals surface area contributed by atoms with Crippen molar-refractivity contribution in [3.8, 4) is 0 Å². The van der Waals surface area contributed by atoms with Crippen LogP contribution in [0.4, 0.5) is 5.69 Å². The first-order valence-corrected chi connectivity index (χ1v) is 16.0. The van der Waals surface area contributed by atoms with Gasteiger partial charge < -0.3 is 10.2 Å². The monoisotopic (exact) mass is 631 g/mol. The molecule has 7 nitrogen and oxygen atoms in total. The predicted molar refractivity (Wildman–Crippen MR) is 171 cm³/mol. The van der Waals surface area contributed by atoms with Crippen molar-refractivity contribution in [3.63, 3.8) is 0 Å². The molecule has 0 saturated carbocycles. The first-order chi connectivity index (χ1) is 19.5. The van der Waals surface area contributed by atoms with Gasteiger partial charge in [0, 0.05) is 27.7 Å². The van der Waals surface area contributed by atoms with E-state index < -0.39 is 34.1 Å². The van der Waals surface area contributed by atoms with Crippen LogP contribution in [0.15, 0.2) is 65.6 Å². The summed E-state index contributed by atoms with van der Waals surface area (Å²) in [7, 11) is -4.18. The second kappa shape index (κ2) is 13.5. The smallest absolute Gasteiger partial charge is 0.264 e. The van der Waals surface area contributed by atoms with Crippen LogP contribution < -0.4 is 9.62 Å². The van der Waals surface area contributed by atoms with Gasteiger partial charge in [0.25, 0.3) is 10.0 Å². The van der Waals surface area contributed by atoms with Crippen molar-refractivity contribution < 1.29 is 18.0 Å². The summed E-state index contributed by atoms with van der Waals surface area (Å²) in [4.78, 5) is 29.2. The minimum Gasteiger partial charge on any atom is -0.350 e. The van der Waals surface area contributed by atoms with Crippen molar-refractivity contribution in [1.82, 2.24) is 10.2 Å². The van der Waals surface area contributed by atoms with Crippen LogP contribution in [-0.4, -0.2) is 43.3 Å². The number of hydrogen-bond donors (Lipinski definition) is 1. The Kier molecular flexibility index (Phi) is 10.7. The quantitative estimate of drug-likeness (QED) is 0.265. The summed E-state index contributed by atoms with van der Waals surface area (Å²) in [6.07, 6.45) is 0.282. The molecular formula is C32H39Cl2N3O4S. The number of nitrogens with one attached hydrogen (secondary N) is 1. The van der Waals surface area contributed by atoms with Gasteiger partial charge in [0.15, 0.2) is 0 Å². The Balaban J connectivity index is 2.16. The van der Waals surface area contributed by atoms with Crippen LogP contribution in [0.3, 0.4) is 0 Å². The summed E-state index contributed by atoms with van der Waals surface area (Å²) in [6, 6.07) is 16.0. The molecule has 0 bridgehead atoms. The highest BCUT2D eigenvalue weighted by atomic mass is 35.5. The van der Waals surface area contributed by atoms with Crippen LogP contribution in [0.25, 0.3) is 0 Å². The zero-order chi connectivity index (χ0) is 31.4. The number of aryl methyl sites for hydroxylation is 3. The molecule has 226 valence electrons. The third-order valence-electron chi connectivity index (χ3n) is 6.80. The first-order valence-electron chi connectivity index (χ1n) is 13.8. The number of hydrogen-bond acceptors (Lipinski definition) is 4. The highest BCUT2D eigenvalue weighted by Gasteiger charge is 2.35. The van der Waals surface area contributed by atoms with E-state index in [0.29, 0.717) is 26.9 Å². The van der Waals surface area contributed by atoms with Crippen molar-refractivity contribution in [2.45, 2.75) is 77.9 Å². The van der Waals surface area contributed by atoms with Gasteiger partial charge in [-0.3, -0.25) is 13.9 Å². The van der Waals surface area contributed by atoms with Gasteiger partial charge in [0.1, 0.15) is 12.6 Å². The number of nitrogens with zero attached hydrogens (tertiary/aromatic N) is 2. The lowest BCUT2D eigenvalue weighted by Gasteiger charge is -2.35. The summed E-state index contributed by atoms with van der Waals surface area (Å²) >= 11 is 13.0. The number of sulfonamides is 1. The van der Waals surface area contributed by atoms with Gasteiger partial charge in [-0.2, -0.15) is 0 Å². The predicted octanol–water partition coefficient (Wildman–Crippen LogP) is 6.84. The zero-order valence-electron chi connectivity index (χ0n) is 25.2. The molecule has 1 unspecified atom stereocenters. The molecule has 0 aromatic heterocycles. The Bertz CT molecular complexity index is 1530. The van der Waals surface area contributed by atoms with Gasteiger partial charge in [0.2, 0.25) is 11.8 Å². The highest BCUT2D eigenvalue weighted by molar-refractivity contribution is 7.92. The number of carbonyl (C=O) groups is 2. The van der Waals surface area contributed by atoms with Crippen molar-refractivity contribution in [2.75, 3.05) is 10.8 Å². The van der Waals surface area contributed by atoms with Crippen LogP contribution in [0, 0.1) is 20.8 Å². The molecule has 0 aliphatic heterocycles. The van der Waals surface area contributed by atoms with E-state index in [1.807, 2.05) is 46.8 Å². The summed E-state index contributed by atoms with van der Waals surface area (Å²) in [5.74, 6) is -0.931. The molecule has 0 heterocycles. The Labute approximate surface area is 259 Å². The molecule has 0 spiro atoms. The summed E-state index contributed by atoms with van der Waals surface area (Å²) in [5, 5.41) is 3.63. The molecule has 0 fully saturated rings. The van der Waals surface area contributed by atoms with Gasteiger partial charge in [-0.05, 0) is 89.4 Å². The molecule has 42 heavy (non-hydrogen) atoms. The second-order valence-corrected chi connectivity index (χ2v) is 14.2.